The summed E-state index contributed by atoms with van der Waals surface area (Å²) in [6.07, 6.45) is -0.360. The van der Waals surface area contributed by atoms with Crippen LogP contribution in [0, 0.1) is 0 Å². The molecule has 1 aliphatic heterocycles. The van der Waals surface area contributed by atoms with Crippen LogP contribution in [-0.2, 0) is 19.2 Å². The van der Waals surface area contributed by atoms with Gasteiger partial charge >= 0.3 is 0 Å². The minimum Gasteiger partial charge on any atom is -0.273 e. The van der Waals surface area contributed by atoms with Crippen molar-refractivity contribution < 1.29 is 19.2 Å². The lowest BCUT2D eigenvalue weighted by Gasteiger charge is -2.06. The molecule has 4 amide bonds. The number of nitrogens with one attached hydrogen (secondary N) is 4. The predicted octanol–water partition coefficient (Wildman–Crippen LogP) is -0.471. The van der Waals surface area contributed by atoms with Crippen LogP contribution in [0.4, 0.5) is 0 Å². The second-order valence-corrected chi connectivity index (χ2v) is 5.93. The molecule has 1 aliphatic rings. The summed E-state index contributed by atoms with van der Waals surface area (Å²) in [5.41, 5.74) is 10.7. The first-order valence-electron chi connectivity index (χ1n) is 8.52. The topological polar surface area (TPSA) is 166 Å². The maximum Gasteiger partial charge on any atom is 0.240 e. The molecule has 12 heteroatoms. The van der Waals surface area contributed by atoms with Crippen molar-refractivity contribution in [3.8, 4) is 0 Å². The minimum atomic E-state index is -0.457. The molecule has 0 atom stereocenters. The molecule has 0 aromatic carbocycles. The predicted molar refractivity (Wildman–Crippen MR) is 103 cm³/mol. The Hall–Kier alpha value is -3.44. The Morgan fingerprint density at radius 1 is 0.464 bits per heavy atom. The van der Waals surface area contributed by atoms with Gasteiger partial charge in [-0.15, -0.1) is 0 Å². The molecule has 0 aromatic rings. The van der Waals surface area contributed by atoms with Gasteiger partial charge < -0.3 is 0 Å². The smallest absolute Gasteiger partial charge is 0.240 e. The van der Waals surface area contributed by atoms with Crippen LogP contribution in [0.5, 0.6) is 0 Å². The lowest BCUT2D eigenvalue weighted by atomic mass is 10.3. The summed E-state index contributed by atoms with van der Waals surface area (Å²) < 4.78 is 0. The zero-order valence-corrected chi connectivity index (χ0v) is 16.3. The number of hydrogen-bond donors (Lipinski definition) is 4. The molecule has 0 fully saturated rings. The Morgan fingerprint density at radius 3 is 0.821 bits per heavy atom. The summed E-state index contributed by atoms with van der Waals surface area (Å²) in [6.45, 7) is 6.37. The summed E-state index contributed by atoms with van der Waals surface area (Å²) in [5, 5.41) is 15.4. The molecule has 28 heavy (non-hydrogen) atoms. The summed E-state index contributed by atoms with van der Waals surface area (Å²) in [4.78, 5) is 47.0. The third-order valence-corrected chi connectivity index (χ3v) is 3.60. The first kappa shape index (κ1) is 22.6. The number of carbonyl (C=O) groups excluding carboxylic acids is 4. The monoisotopic (exact) mass is 392 g/mol. The number of hydrazone groups is 4. The van der Waals surface area contributed by atoms with E-state index in [0.29, 0.717) is 22.8 Å². The van der Waals surface area contributed by atoms with Crippen LogP contribution in [0.25, 0.3) is 0 Å². The number of hydrogen-bond acceptors (Lipinski definition) is 8. The van der Waals surface area contributed by atoms with Crippen molar-refractivity contribution in [2.45, 2.75) is 53.4 Å². The van der Waals surface area contributed by atoms with E-state index in [1.807, 2.05) is 0 Å². The molecule has 1 rings (SSSR count). The molecule has 12 nitrogen and oxygen atoms in total. The van der Waals surface area contributed by atoms with Gasteiger partial charge in [-0.3, -0.25) is 19.2 Å². The summed E-state index contributed by atoms with van der Waals surface area (Å²) in [5.74, 6) is -1.83. The highest BCUT2D eigenvalue weighted by Gasteiger charge is 2.09. The Labute approximate surface area is 162 Å². The summed E-state index contributed by atoms with van der Waals surface area (Å²) >= 11 is 0. The first-order chi connectivity index (χ1) is 13.2. The van der Waals surface area contributed by atoms with Crippen LogP contribution in [0.1, 0.15) is 53.4 Å². The van der Waals surface area contributed by atoms with Crippen molar-refractivity contribution in [2.75, 3.05) is 0 Å². The maximum atomic E-state index is 11.8. The van der Waals surface area contributed by atoms with E-state index in [2.05, 4.69) is 42.1 Å². The van der Waals surface area contributed by atoms with Crippen LogP contribution in [0.2, 0.25) is 0 Å². The van der Waals surface area contributed by atoms with Crippen molar-refractivity contribution in [2.24, 2.45) is 20.4 Å². The average Bonchev–Trinajstić information content (AvgIpc) is 2.68. The standard InChI is InChI=1S/C16H24N8O4/c1-9-10(2)18-22-14(26)7-8-16(28)24-20-12(4)11(3)19-23-15(27)6-5-13(25)21-17-9/h5-8H2,1-4H3,(H,21,25)(H,22,26)(H,23,27)(H,24,28)/b17-9-,18-10+,19-11-,20-12+. The molecule has 0 unspecified atom stereocenters. The van der Waals surface area contributed by atoms with Gasteiger partial charge in [-0.25, -0.2) is 21.7 Å². The van der Waals surface area contributed by atoms with E-state index >= 15 is 0 Å². The van der Waals surface area contributed by atoms with E-state index in [1.54, 1.807) is 27.7 Å². The fraction of sp³-hybridized carbons (Fsp3) is 0.500. The lowest BCUT2D eigenvalue weighted by molar-refractivity contribution is -0.126. The molecule has 0 spiro atoms. The van der Waals surface area contributed by atoms with E-state index < -0.39 is 23.6 Å². The molecule has 0 aromatic heterocycles. The molecular weight excluding hydrogens is 368 g/mol. The van der Waals surface area contributed by atoms with Gasteiger partial charge in [0, 0.05) is 25.7 Å². The Morgan fingerprint density at radius 2 is 0.643 bits per heavy atom. The Kier molecular flexibility index (Phi) is 9.13. The van der Waals surface area contributed by atoms with Crippen molar-refractivity contribution in [3.63, 3.8) is 0 Å². The van der Waals surface area contributed by atoms with E-state index in [4.69, 9.17) is 0 Å². The second kappa shape index (κ2) is 11.3. The number of carbonyl (C=O) groups is 4. The molecule has 4 N–H and O–H groups in total. The van der Waals surface area contributed by atoms with E-state index in [0.717, 1.165) is 0 Å². The van der Waals surface area contributed by atoms with Gasteiger partial charge in [0.2, 0.25) is 23.6 Å². The van der Waals surface area contributed by atoms with Gasteiger partial charge in [0.25, 0.3) is 0 Å². The highest BCUT2D eigenvalue weighted by Crippen LogP contribution is 1.93. The van der Waals surface area contributed by atoms with Gasteiger partial charge in [0.15, 0.2) is 0 Å². The number of rotatable bonds is 0. The normalized spacial score (nSPS) is 26.4. The van der Waals surface area contributed by atoms with Crippen molar-refractivity contribution in [3.05, 3.63) is 0 Å². The quantitative estimate of drug-likeness (QED) is 0.438. The highest BCUT2D eigenvalue weighted by molar-refractivity contribution is 6.41. The van der Waals surface area contributed by atoms with Gasteiger partial charge in [-0.1, -0.05) is 0 Å². The van der Waals surface area contributed by atoms with Gasteiger partial charge in [0.05, 0.1) is 22.8 Å². The SMILES string of the molecule is CC1=N/NC(=O)CCC(=O)N/N=C(C)\C(C)=N\NC(=O)CCC(=O)N\N=C\1C. The Balaban J connectivity index is 2.91. The van der Waals surface area contributed by atoms with Crippen molar-refractivity contribution in [1.29, 1.82) is 0 Å². The van der Waals surface area contributed by atoms with Crippen LogP contribution < -0.4 is 21.7 Å². The molecule has 0 radical (unpaired) electrons. The van der Waals surface area contributed by atoms with E-state index in [1.165, 1.54) is 0 Å². The average molecular weight is 392 g/mol. The fourth-order valence-electron chi connectivity index (χ4n) is 1.59. The Bertz CT molecular complexity index is 639. The minimum absolute atomic E-state index is 0.0900. The van der Waals surface area contributed by atoms with E-state index in [9.17, 15) is 19.2 Å². The summed E-state index contributed by atoms with van der Waals surface area (Å²) in [7, 11) is 0. The number of amides is 4. The molecule has 0 bridgehead atoms. The lowest BCUT2D eigenvalue weighted by Crippen LogP contribution is -2.28. The molecule has 0 saturated heterocycles. The molecule has 1 heterocycles. The summed E-state index contributed by atoms with van der Waals surface area (Å²) in [6, 6.07) is 0. The van der Waals surface area contributed by atoms with Gasteiger partial charge in [0.1, 0.15) is 0 Å². The number of nitrogens with zero attached hydrogens (tertiary/aromatic N) is 4. The zero-order chi connectivity index (χ0) is 21.1. The van der Waals surface area contributed by atoms with Crippen LogP contribution in [0.15, 0.2) is 20.4 Å². The third kappa shape index (κ3) is 8.78. The van der Waals surface area contributed by atoms with Crippen molar-refractivity contribution in [1.82, 2.24) is 21.7 Å². The van der Waals surface area contributed by atoms with Crippen LogP contribution in [-0.4, -0.2) is 46.5 Å². The fourth-order valence-corrected chi connectivity index (χ4v) is 1.59. The van der Waals surface area contributed by atoms with Crippen LogP contribution in [0.3, 0.4) is 0 Å². The largest absolute Gasteiger partial charge is 0.273 e. The van der Waals surface area contributed by atoms with Crippen molar-refractivity contribution >= 4 is 46.5 Å². The van der Waals surface area contributed by atoms with Crippen LogP contribution >= 0.6 is 0 Å². The zero-order valence-electron chi connectivity index (χ0n) is 16.3. The van der Waals surface area contributed by atoms with E-state index in [-0.39, 0.29) is 25.7 Å². The molecular formula is C16H24N8O4. The molecule has 152 valence electrons. The maximum absolute atomic E-state index is 11.8. The van der Waals surface area contributed by atoms with Gasteiger partial charge in [-0.05, 0) is 27.7 Å². The third-order valence-electron chi connectivity index (χ3n) is 3.60. The highest BCUT2D eigenvalue weighted by atomic mass is 16.2. The van der Waals surface area contributed by atoms with Gasteiger partial charge in [-0.2, -0.15) is 20.4 Å². The molecule has 0 aliphatic carbocycles. The first-order valence-corrected chi connectivity index (χ1v) is 8.52. The second-order valence-electron chi connectivity index (χ2n) is 5.93. The molecule has 0 saturated carbocycles.